The second-order valence-electron chi connectivity index (χ2n) is 6.13. The summed E-state index contributed by atoms with van der Waals surface area (Å²) in [7, 11) is -3.62. The lowest BCUT2D eigenvalue weighted by Gasteiger charge is -2.09. The molecule has 10 heteroatoms. The average molecular weight is 402 g/mol. The van der Waals surface area contributed by atoms with Crippen molar-refractivity contribution in [2.45, 2.75) is 31.4 Å². The number of ether oxygens (including phenoxy) is 1. The Bertz CT molecular complexity index is 1050. The van der Waals surface area contributed by atoms with Gasteiger partial charge in [-0.15, -0.1) is 0 Å². The largest absolute Gasteiger partial charge is 0.452 e. The topological polar surface area (TPSA) is 124 Å². The van der Waals surface area contributed by atoms with Crippen molar-refractivity contribution in [3.8, 4) is 11.4 Å². The molecule has 2 aromatic heterocycles. The number of nitrogens with one attached hydrogen (secondary N) is 1. The summed E-state index contributed by atoms with van der Waals surface area (Å²) in [6.45, 7) is 3.24. The number of aromatic nitrogens is 3. The van der Waals surface area contributed by atoms with Gasteiger partial charge in [0.05, 0.1) is 10.5 Å². The van der Waals surface area contributed by atoms with Crippen molar-refractivity contribution in [2.75, 3.05) is 0 Å². The minimum Gasteiger partial charge on any atom is -0.452 e. The van der Waals surface area contributed by atoms with Crippen LogP contribution in [-0.4, -0.2) is 35.6 Å². The first-order valence-electron chi connectivity index (χ1n) is 8.37. The van der Waals surface area contributed by atoms with Crippen molar-refractivity contribution < 1.29 is 22.5 Å². The first-order chi connectivity index (χ1) is 13.3. The van der Waals surface area contributed by atoms with Crippen LogP contribution in [0.2, 0.25) is 0 Å². The maximum absolute atomic E-state index is 12.1. The van der Waals surface area contributed by atoms with Crippen LogP contribution < -0.4 is 4.72 Å². The molecule has 2 heterocycles. The summed E-state index contributed by atoms with van der Waals surface area (Å²) < 4.78 is 36.8. The Morgan fingerprint density at radius 2 is 1.96 bits per heavy atom. The number of rotatable bonds is 7. The Hall–Kier alpha value is -3.11. The highest BCUT2D eigenvalue weighted by atomic mass is 32.2. The van der Waals surface area contributed by atoms with Gasteiger partial charge in [0, 0.05) is 24.0 Å². The molecule has 0 saturated heterocycles. The average Bonchev–Trinajstić information content (AvgIpc) is 3.15. The van der Waals surface area contributed by atoms with Crippen molar-refractivity contribution in [1.82, 2.24) is 19.8 Å². The van der Waals surface area contributed by atoms with Gasteiger partial charge < -0.3 is 9.26 Å². The summed E-state index contributed by atoms with van der Waals surface area (Å²) in [5, 5.41) is 3.81. The van der Waals surface area contributed by atoms with Crippen molar-refractivity contribution >= 4 is 16.0 Å². The van der Waals surface area contributed by atoms with E-state index in [1.54, 1.807) is 38.4 Å². The molecule has 146 valence electrons. The summed E-state index contributed by atoms with van der Waals surface area (Å²) in [6, 6.07) is 8.73. The highest BCUT2D eigenvalue weighted by Gasteiger charge is 2.17. The Labute approximate surface area is 161 Å². The molecule has 0 radical (unpaired) electrons. The third-order valence-corrected chi connectivity index (χ3v) is 5.18. The second kappa shape index (κ2) is 8.28. The molecule has 0 aliphatic rings. The summed E-state index contributed by atoms with van der Waals surface area (Å²) in [5.74, 6) is -0.166. The number of esters is 1. The molecule has 9 nitrogen and oxygen atoms in total. The fourth-order valence-corrected chi connectivity index (χ4v) is 3.54. The lowest BCUT2D eigenvalue weighted by atomic mass is 10.2. The molecule has 0 saturated carbocycles. The SMILES string of the molecule is CC(C)NS(=O)(=O)c1ccc(C(=O)OCc2nc(-c3cccnc3)no2)cc1. The van der Waals surface area contributed by atoms with E-state index in [1.165, 1.54) is 24.3 Å². The van der Waals surface area contributed by atoms with Gasteiger partial charge >= 0.3 is 5.97 Å². The quantitative estimate of drug-likeness (QED) is 0.596. The van der Waals surface area contributed by atoms with Crippen LogP contribution in [0.5, 0.6) is 0 Å². The molecule has 0 atom stereocenters. The summed E-state index contributed by atoms with van der Waals surface area (Å²) in [6.07, 6.45) is 3.21. The van der Waals surface area contributed by atoms with Crippen LogP contribution in [0.15, 0.2) is 58.2 Å². The molecule has 1 N–H and O–H groups in total. The van der Waals surface area contributed by atoms with E-state index < -0.39 is 16.0 Å². The Morgan fingerprint density at radius 1 is 1.21 bits per heavy atom. The second-order valence-corrected chi connectivity index (χ2v) is 7.84. The number of nitrogens with zero attached hydrogens (tertiary/aromatic N) is 3. The van der Waals surface area contributed by atoms with Gasteiger partial charge in [-0.05, 0) is 50.2 Å². The molecule has 3 rings (SSSR count). The number of carbonyl (C=O) groups is 1. The van der Waals surface area contributed by atoms with Gasteiger partial charge in [0.25, 0.3) is 5.89 Å². The molecule has 0 unspecified atom stereocenters. The van der Waals surface area contributed by atoms with Gasteiger partial charge in [0.15, 0.2) is 6.61 Å². The van der Waals surface area contributed by atoms with E-state index in [1.807, 2.05) is 0 Å². The molecule has 0 fully saturated rings. The number of benzene rings is 1. The zero-order chi connectivity index (χ0) is 20.1. The lowest BCUT2D eigenvalue weighted by Crippen LogP contribution is -2.30. The lowest BCUT2D eigenvalue weighted by molar-refractivity contribution is 0.0429. The first-order valence-corrected chi connectivity index (χ1v) is 9.86. The van der Waals surface area contributed by atoms with Gasteiger partial charge in [-0.3, -0.25) is 4.98 Å². The Morgan fingerprint density at radius 3 is 2.61 bits per heavy atom. The van der Waals surface area contributed by atoms with Crippen molar-refractivity contribution in [3.05, 3.63) is 60.2 Å². The number of pyridine rings is 1. The zero-order valence-corrected chi connectivity index (χ0v) is 16.0. The monoisotopic (exact) mass is 402 g/mol. The van der Waals surface area contributed by atoms with E-state index in [4.69, 9.17) is 9.26 Å². The smallest absolute Gasteiger partial charge is 0.338 e. The van der Waals surface area contributed by atoms with Crippen LogP contribution in [0.3, 0.4) is 0 Å². The fraction of sp³-hybridized carbons (Fsp3) is 0.222. The van der Waals surface area contributed by atoms with E-state index in [9.17, 15) is 13.2 Å². The minimum absolute atomic E-state index is 0.0655. The van der Waals surface area contributed by atoms with Crippen LogP contribution in [0.25, 0.3) is 11.4 Å². The summed E-state index contributed by atoms with van der Waals surface area (Å²) in [5.41, 5.74) is 0.881. The van der Waals surface area contributed by atoms with Crippen LogP contribution >= 0.6 is 0 Å². The van der Waals surface area contributed by atoms with Gasteiger partial charge in [-0.1, -0.05) is 5.16 Å². The van der Waals surface area contributed by atoms with E-state index >= 15 is 0 Å². The molecule has 0 amide bonds. The fourth-order valence-electron chi connectivity index (χ4n) is 2.28. The molecule has 28 heavy (non-hydrogen) atoms. The molecule has 0 spiro atoms. The Kier molecular flexibility index (Phi) is 5.81. The third kappa shape index (κ3) is 4.78. The highest BCUT2D eigenvalue weighted by Crippen LogP contribution is 2.15. The number of hydrogen-bond acceptors (Lipinski definition) is 8. The number of hydrogen-bond donors (Lipinski definition) is 1. The third-order valence-electron chi connectivity index (χ3n) is 3.51. The van der Waals surface area contributed by atoms with E-state index in [0.717, 1.165) is 0 Å². The number of sulfonamides is 1. The first kappa shape index (κ1) is 19.6. The van der Waals surface area contributed by atoms with Crippen LogP contribution in [0.4, 0.5) is 0 Å². The summed E-state index contributed by atoms with van der Waals surface area (Å²) >= 11 is 0. The molecule has 3 aromatic rings. The van der Waals surface area contributed by atoms with Crippen LogP contribution in [0.1, 0.15) is 30.1 Å². The van der Waals surface area contributed by atoms with Gasteiger partial charge in [-0.25, -0.2) is 17.9 Å². The predicted octanol–water partition coefficient (Wildman–Crippen LogP) is 2.18. The Balaban J connectivity index is 1.62. The minimum atomic E-state index is -3.62. The van der Waals surface area contributed by atoms with Gasteiger partial charge in [0.2, 0.25) is 15.8 Å². The van der Waals surface area contributed by atoms with Crippen molar-refractivity contribution in [3.63, 3.8) is 0 Å². The van der Waals surface area contributed by atoms with Crippen molar-refractivity contribution in [1.29, 1.82) is 0 Å². The highest BCUT2D eigenvalue weighted by molar-refractivity contribution is 7.89. The molecular formula is C18H18N4O5S. The maximum atomic E-state index is 12.1. The maximum Gasteiger partial charge on any atom is 0.338 e. The molecule has 1 aromatic carbocycles. The predicted molar refractivity (Wildman–Crippen MR) is 98.5 cm³/mol. The van der Waals surface area contributed by atoms with E-state index in [0.29, 0.717) is 11.4 Å². The molecule has 0 aliphatic carbocycles. The molecule has 0 bridgehead atoms. The standard InChI is InChI=1S/C18H18N4O5S/c1-12(2)22-28(24,25)15-7-5-13(6-8-15)18(23)26-11-16-20-17(21-27-16)14-4-3-9-19-10-14/h3-10,12,22H,11H2,1-2H3. The normalized spacial score (nSPS) is 11.5. The van der Waals surface area contributed by atoms with Crippen LogP contribution in [0, 0.1) is 0 Å². The van der Waals surface area contributed by atoms with E-state index in [2.05, 4.69) is 19.8 Å². The number of carbonyl (C=O) groups excluding carboxylic acids is 1. The van der Waals surface area contributed by atoms with E-state index in [-0.39, 0.29) is 29.0 Å². The van der Waals surface area contributed by atoms with Crippen molar-refractivity contribution in [2.24, 2.45) is 0 Å². The van der Waals surface area contributed by atoms with Crippen LogP contribution in [-0.2, 0) is 21.4 Å². The molecule has 0 aliphatic heterocycles. The van der Waals surface area contributed by atoms with Gasteiger partial charge in [0.1, 0.15) is 0 Å². The van der Waals surface area contributed by atoms with Gasteiger partial charge in [-0.2, -0.15) is 4.98 Å². The molecular weight excluding hydrogens is 384 g/mol. The summed E-state index contributed by atoms with van der Waals surface area (Å²) in [4.78, 5) is 20.3. The zero-order valence-electron chi connectivity index (χ0n) is 15.2.